The summed E-state index contributed by atoms with van der Waals surface area (Å²) >= 11 is 0. The van der Waals surface area contributed by atoms with E-state index in [1.807, 2.05) is 30.0 Å². The highest BCUT2D eigenvalue weighted by Gasteiger charge is 2.23. The number of hydrogen-bond donors (Lipinski definition) is 1. The average molecular weight is 368 g/mol. The minimum absolute atomic E-state index is 0.0967. The van der Waals surface area contributed by atoms with Crippen molar-refractivity contribution in [2.45, 2.75) is 39.2 Å². The van der Waals surface area contributed by atoms with Gasteiger partial charge in [0.15, 0.2) is 0 Å². The van der Waals surface area contributed by atoms with Gasteiger partial charge in [-0.1, -0.05) is 44.2 Å². The van der Waals surface area contributed by atoms with Crippen molar-refractivity contribution >= 4 is 5.91 Å². The van der Waals surface area contributed by atoms with Gasteiger partial charge in [0, 0.05) is 44.4 Å². The number of amides is 1. The van der Waals surface area contributed by atoms with E-state index in [0.29, 0.717) is 18.8 Å². The molecule has 1 aliphatic heterocycles. The van der Waals surface area contributed by atoms with Crippen LogP contribution in [0, 0.1) is 0 Å². The molecule has 0 saturated carbocycles. The number of hydrogen-bond acceptors (Lipinski definition) is 4. The van der Waals surface area contributed by atoms with Gasteiger partial charge >= 0.3 is 0 Å². The van der Waals surface area contributed by atoms with Gasteiger partial charge in [0.2, 0.25) is 5.91 Å². The molecule has 0 spiro atoms. The van der Waals surface area contributed by atoms with Crippen molar-refractivity contribution in [3.63, 3.8) is 0 Å². The first-order valence-corrected chi connectivity index (χ1v) is 9.69. The van der Waals surface area contributed by atoms with E-state index in [1.165, 1.54) is 5.56 Å². The molecule has 27 heavy (non-hydrogen) atoms. The Labute approximate surface area is 160 Å². The maximum atomic E-state index is 12.6. The lowest BCUT2D eigenvalue weighted by atomic mass is 9.97. The molecule has 1 atom stereocenters. The highest BCUT2D eigenvalue weighted by atomic mass is 16.2. The van der Waals surface area contributed by atoms with Gasteiger partial charge in [-0.05, 0) is 17.9 Å². The van der Waals surface area contributed by atoms with E-state index in [2.05, 4.69) is 33.9 Å². The van der Waals surface area contributed by atoms with Crippen molar-refractivity contribution in [2.75, 3.05) is 26.2 Å². The number of piperazine rings is 1. The molecule has 1 fully saturated rings. The summed E-state index contributed by atoms with van der Waals surface area (Å²) in [7, 11) is 0. The molecule has 1 aromatic heterocycles. The first kappa shape index (κ1) is 19.3. The summed E-state index contributed by atoms with van der Waals surface area (Å²) in [5.74, 6) is 1.14. The topological polar surface area (TPSA) is 69.3 Å². The molecule has 1 unspecified atom stereocenters. The van der Waals surface area contributed by atoms with E-state index in [0.717, 1.165) is 38.3 Å². The highest BCUT2D eigenvalue weighted by Crippen LogP contribution is 2.20. The normalized spacial score (nSPS) is 16.3. The van der Waals surface area contributed by atoms with Crippen molar-refractivity contribution in [3.8, 4) is 0 Å². The predicted octanol–water partition coefficient (Wildman–Crippen LogP) is 2.17. The number of nitrogens with one attached hydrogen (secondary N) is 1. The second-order valence-corrected chi connectivity index (χ2v) is 7.21. The molecule has 1 aromatic carbocycles. The molecular formula is C21H28N4O2. The Morgan fingerprint density at radius 2 is 1.89 bits per heavy atom. The SMILES string of the molecule is CCc1cc(=O)[nH]c(CN2CCN(C(=O)CC(C)c3ccccc3)CC2)n1. The van der Waals surface area contributed by atoms with Crippen molar-refractivity contribution < 1.29 is 4.79 Å². The van der Waals surface area contributed by atoms with E-state index in [-0.39, 0.29) is 17.4 Å². The number of H-pyrrole nitrogens is 1. The Balaban J connectivity index is 1.50. The van der Waals surface area contributed by atoms with Crippen LogP contribution in [0.1, 0.15) is 43.3 Å². The third-order valence-electron chi connectivity index (χ3n) is 5.15. The summed E-state index contributed by atoms with van der Waals surface area (Å²) in [4.78, 5) is 35.8. The fraction of sp³-hybridized carbons (Fsp3) is 0.476. The number of nitrogens with zero attached hydrogens (tertiary/aromatic N) is 3. The first-order valence-electron chi connectivity index (χ1n) is 9.69. The molecule has 6 heteroatoms. The number of aromatic amines is 1. The summed E-state index contributed by atoms with van der Waals surface area (Å²) in [5, 5.41) is 0. The fourth-order valence-corrected chi connectivity index (χ4v) is 3.48. The van der Waals surface area contributed by atoms with Crippen LogP contribution in [0.4, 0.5) is 0 Å². The minimum Gasteiger partial charge on any atom is -0.340 e. The lowest BCUT2D eigenvalue weighted by Gasteiger charge is -2.35. The molecule has 0 aliphatic carbocycles. The number of carbonyl (C=O) groups is 1. The van der Waals surface area contributed by atoms with Gasteiger partial charge in [0.05, 0.1) is 6.54 Å². The minimum atomic E-state index is -0.0967. The number of aromatic nitrogens is 2. The van der Waals surface area contributed by atoms with Gasteiger partial charge in [-0.15, -0.1) is 0 Å². The van der Waals surface area contributed by atoms with E-state index in [9.17, 15) is 9.59 Å². The van der Waals surface area contributed by atoms with Crippen LogP contribution in [0.5, 0.6) is 0 Å². The van der Waals surface area contributed by atoms with Gasteiger partial charge in [0.1, 0.15) is 5.82 Å². The summed E-state index contributed by atoms with van der Waals surface area (Å²) in [6.45, 7) is 7.75. The Morgan fingerprint density at radius 3 is 2.56 bits per heavy atom. The van der Waals surface area contributed by atoms with E-state index < -0.39 is 0 Å². The van der Waals surface area contributed by atoms with Crippen LogP contribution >= 0.6 is 0 Å². The molecule has 144 valence electrons. The predicted molar refractivity (Wildman–Crippen MR) is 106 cm³/mol. The van der Waals surface area contributed by atoms with Gasteiger partial charge < -0.3 is 9.88 Å². The van der Waals surface area contributed by atoms with E-state index in [1.54, 1.807) is 6.07 Å². The standard InChI is InChI=1S/C21H28N4O2/c1-3-18-14-20(26)23-19(22-18)15-24-9-11-25(12-10-24)21(27)13-16(2)17-7-5-4-6-8-17/h4-8,14,16H,3,9-13,15H2,1-2H3,(H,22,23,26). The lowest BCUT2D eigenvalue weighted by Crippen LogP contribution is -2.48. The summed E-state index contributed by atoms with van der Waals surface area (Å²) < 4.78 is 0. The van der Waals surface area contributed by atoms with Crippen molar-refractivity contribution in [3.05, 3.63) is 63.8 Å². The third kappa shape index (κ3) is 5.26. The lowest BCUT2D eigenvalue weighted by molar-refractivity contribution is -0.133. The van der Waals surface area contributed by atoms with Crippen LogP contribution in [0.25, 0.3) is 0 Å². The zero-order valence-corrected chi connectivity index (χ0v) is 16.1. The number of carbonyl (C=O) groups excluding carboxylic acids is 1. The molecule has 2 aromatic rings. The third-order valence-corrected chi connectivity index (χ3v) is 5.15. The molecule has 0 bridgehead atoms. The molecule has 3 rings (SSSR count). The van der Waals surface area contributed by atoms with Crippen LogP contribution < -0.4 is 5.56 Å². The smallest absolute Gasteiger partial charge is 0.251 e. The highest BCUT2D eigenvalue weighted by molar-refractivity contribution is 5.77. The van der Waals surface area contributed by atoms with Crippen LogP contribution in [0.15, 0.2) is 41.2 Å². The Morgan fingerprint density at radius 1 is 1.19 bits per heavy atom. The van der Waals surface area contributed by atoms with Crippen LogP contribution in [0.2, 0.25) is 0 Å². The van der Waals surface area contributed by atoms with Crippen molar-refractivity contribution in [1.29, 1.82) is 0 Å². The maximum absolute atomic E-state index is 12.6. The number of rotatable bonds is 6. The molecule has 0 radical (unpaired) electrons. The second-order valence-electron chi connectivity index (χ2n) is 7.21. The van der Waals surface area contributed by atoms with E-state index >= 15 is 0 Å². The number of benzene rings is 1. The fourth-order valence-electron chi connectivity index (χ4n) is 3.48. The molecule has 1 aliphatic rings. The first-order chi connectivity index (χ1) is 13.0. The molecule has 1 N–H and O–H groups in total. The summed E-state index contributed by atoms with van der Waals surface area (Å²) in [5.41, 5.74) is 1.92. The van der Waals surface area contributed by atoms with Crippen LogP contribution in [0.3, 0.4) is 0 Å². The van der Waals surface area contributed by atoms with Crippen molar-refractivity contribution in [1.82, 2.24) is 19.8 Å². The van der Waals surface area contributed by atoms with E-state index in [4.69, 9.17) is 0 Å². The Bertz CT molecular complexity index is 810. The molecule has 1 amide bonds. The zero-order valence-electron chi connectivity index (χ0n) is 16.1. The van der Waals surface area contributed by atoms with Crippen LogP contribution in [-0.2, 0) is 17.8 Å². The quantitative estimate of drug-likeness (QED) is 0.848. The largest absolute Gasteiger partial charge is 0.340 e. The Kier molecular flexibility index (Phi) is 6.40. The zero-order chi connectivity index (χ0) is 19.2. The van der Waals surface area contributed by atoms with Crippen LogP contribution in [-0.4, -0.2) is 51.9 Å². The van der Waals surface area contributed by atoms with Gasteiger partial charge in [-0.25, -0.2) is 4.98 Å². The molecule has 1 saturated heterocycles. The molecule has 6 nitrogen and oxygen atoms in total. The van der Waals surface area contributed by atoms with Gasteiger partial charge in [-0.2, -0.15) is 0 Å². The second kappa shape index (κ2) is 8.95. The average Bonchev–Trinajstić information content (AvgIpc) is 2.68. The number of aryl methyl sites for hydroxylation is 1. The van der Waals surface area contributed by atoms with Gasteiger partial charge in [0.25, 0.3) is 5.56 Å². The molecule has 2 heterocycles. The monoisotopic (exact) mass is 368 g/mol. The van der Waals surface area contributed by atoms with Gasteiger partial charge in [-0.3, -0.25) is 14.5 Å². The van der Waals surface area contributed by atoms with Crippen molar-refractivity contribution in [2.24, 2.45) is 0 Å². The Hall–Kier alpha value is -2.47. The molecular weight excluding hydrogens is 340 g/mol. The maximum Gasteiger partial charge on any atom is 0.251 e. The summed E-state index contributed by atoms with van der Waals surface area (Å²) in [6, 6.07) is 11.7. The summed E-state index contributed by atoms with van der Waals surface area (Å²) in [6.07, 6.45) is 1.29.